The monoisotopic (exact) mass is 623 g/mol. The molecule has 5 atom stereocenters. The minimum Gasteiger partial charge on any atom is -0.444 e. The molecular formula is C35H49N3O5S. The minimum absolute atomic E-state index is 0.0156. The van der Waals surface area contributed by atoms with Crippen LogP contribution >= 0.6 is 11.8 Å². The van der Waals surface area contributed by atoms with Gasteiger partial charge in [-0.05, 0) is 90.8 Å². The number of thioether (sulfide) groups is 1. The van der Waals surface area contributed by atoms with E-state index >= 15 is 0 Å². The number of carbonyl (C=O) groups is 3. The molecular weight excluding hydrogens is 574 g/mol. The zero-order valence-electron chi connectivity index (χ0n) is 27.0. The first kappa shape index (κ1) is 33.8. The molecule has 2 fully saturated rings. The van der Waals surface area contributed by atoms with Gasteiger partial charge in [0.2, 0.25) is 5.91 Å². The Morgan fingerprint density at radius 3 is 2.32 bits per heavy atom. The van der Waals surface area contributed by atoms with E-state index < -0.39 is 29.9 Å². The molecule has 9 heteroatoms. The van der Waals surface area contributed by atoms with Gasteiger partial charge >= 0.3 is 6.09 Å². The van der Waals surface area contributed by atoms with Gasteiger partial charge in [0, 0.05) is 22.2 Å². The van der Waals surface area contributed by atoms with Gasteiger partial charge in [0.05, 0.1) is 17.7 Å². The first-order valence-corrected chi connectivity index (χ1v) is 16.8. The molecule has 2 aromatic rings. The molecule has 0 spiro atoms. The number of ether oxygens (including phenoxy) is 1. The SMILES string of the molecule is CC(C)(C)NC(=O)c1ccccc1SCC(O)C(Cc1ccccc1)NC(=O)C1CC2CCCCC2N1C(=O)OC(C)(C)C. The number of nitrogens with zero attached hydrogens (tertiary/aromatic N) is 1. The number of carbonyl (C=O) groups excluding carboxylic acids is 3. The van der Waals surface area contributed by atoms with Crippen molar-refractivity contribution < 1.29 is 24.2 Å². The number of rotatable bonds is 9. The lowest BCUT2D eigenvalue weighted by molar-refractivity contribution is -0.127. The highest BCUT2D eigenvalue weighted by Crippen LogP contribution is 2.40. The lowest BCUT2D eigenvalue weighted by Gasteiger charge is -2.35. The highest BCUT2D eigenvalue weighted by molar-refractivity contribution is 7.99. The van der Waals surface area contributed by atoms with Gasteiger partial charge < -0.3 is 20.5 Å². The molecule has 3 N–H and O–H groups in total. The molecule has 0 radical (unpaired) electrons. The smallest absolute Gasteiger partial charge is 0.411 e. The Bertz CT molecular complexity index is 1290. The molecule has 44 heavy (non-hydrogen) atoms. The number of nitrogens with one attached hydrogen (secondary N) is 2. The number of aliphatic hydroxyl groups excluding tert-OH is 1. The molecule has 1 aliphatic carbocycles. The molecule has 5 unspecified atom stereocenters. The van der Waals surface area contributed by atoms with Crippen LogP contribution in [0.5, 0.6) is 0 Å². The zero-order valence-corrected chi connectivity index (χ0v) is 27.8. The number of aliphatic hydroxyl groups is 1. The Labute approximate surface area is 266 Å². The number of benzene rings is 2. The Hall–Kier alpha value is -3.04. The number of hydrogen-bond donors (Lipinski definition) is 3. The summed E-state index contributed by atoms with van der Waals surface area (Å²) in [5.74, 6) is 0.0914. The van der Waals surface area contributed by atoms with Crippen molar-refractivity contribution in [2.75, 3.05) is 5.75 Å². The van der Waals surface area contributed by atoms with Crippen molar-refractivity contribution in [3.05, 3.63) is 65.7 Å². The third kappa shape index (κ3) is 9.24. The summed E-state index contributed by atoms with van der Waals surface area (Å²) in [6, 6.07) is 15.8. The van der Waals surface area contributed by atoms with Crippen molar-refractivity contribution in [2.24, 2.45) is 5.92 Å². The average molecular weight is 624 g/mol. The molecule has 2 aromatic carbocycles. The second-order valence-electron chi connectivity index (χ2n) is 14.1. The zero-order chi connectivity index (χ0) is 32.1. The van der Waals surface area contributed by atoms with E-state index in [4.69, 9.17) is 4.74 Å². The predicted molar refractivity (Wildman–Crippen MR) is 175 cm³/mol. The summed E-state index contributed by atoms with van der Waals surface area (Å²) < 4.78 is 5.77. The van der Waals surface area contributed by atoms with Crippen LogP contribution in [0.2, 0.25) is 0 Å². The van der Waals surface area contributed by atoms with Crippen LogP contribution in [0.25, 0.3) is 0 Å². The Balaban J connectivity index is 1.52. The van der Waals surface area contributed by atoms with Gasteiger partial charge in [-0.25, -0.2) is 4.79 Å². The van der Waals surface area contributed by atoms with Gasteiger partial charge in [-0.15, -0.1) is 11.8 Å². The maximum Gasteiger partial charge on any atom is 0.411 e. The van der Waals surface area contributed by atoms with Gasteiger partial charge in [-0.1, -0.05) is 55.3 Å². The third-order valence-corrected chi connectivity index (χ3v) is 9.29. The second kappa shape index (κ2) is 14.4. The fourth-order valence-electron chi connectivity index (χ4n) is 6.18. The molecule has 240 valence electrons. The summed E-state index contributed by atoms with van der Waals surface area (Å²) in [6.45, 7) is 11.3. The number of amides is 3. The lowest BCUT2D eigenvalue weighted by atomic mass is 9.85. The van der Waals surface area contributed by atoms with Crippen LogP contribution in [0.1, 0.15) is 89.6 Å². The Morgan fingerprint density at radius 1 is 0.977 bits per heavy atom. The van der Waals surface area contributed by atoms with Crippen molar-refractivity contribution >= 4 is 29.7 Å². The molecule has 1 heterocycles. The van der Waals surface area contributed by atoms with E-state index in [0.29, 0.717) is 18.4 Å². The first-order chi connectivity index (χ1) is 20.7. The number of fused-ring (bicyclic) bond motifs is 1. The summed E-state index contributed by atoms with van der Waals surface area (Å²) >= 11 is 1.39. The van der Waals surface area contributed by atoms with E-state index in [1.165, 1.54) is 11.8 Å². The van der Waals surface area contributed by atoms with Crippen LogP contribution in [0.3, 0.4) is 0 Å². The molecule has 4 rings (SSSR count). The molecule has 2 aliphatic rings. The molecule has 0 aromatic heterocycles. The highest BCUT2D eigenvalue weighted by atomic mass is 32.2. The van der Waals surface area contributed by atoms with E-state index in [2.05, 4.69) is 10.6 Å². The van der Waals surface area contributed by atoms with E-state index in [9.17, 15) is 19.5 Å². The van der Waals surface area contributed by atoms with Crippen LogP contribution in [0, 0.1) is 5.92 Å². The van der Waals surface area contributed by atoms with Crippen LogP contribution < -0.4 is 10.6 Å². The normalized spacial score (nSPS) is 21.6. The van der Waals surface area contributed by atoms with E-state index in [-0.39, 0.29) is 35.1 Å². The van der Waals surface area contributed by atoms with E-state index in [1.54, 1.807) is 11.0 Å². The molecule has 0 bridgehead atoms. The van der Waals surface area contributed by atoms with Gasteiger partial charge in [0.15, 0.2) is 0 Å². The Morgan fingerprint density at radius 2 is 1.64 bits per heavy atom. The Kier molecular flexibility index (Phi) is 11.1. The van der Waals surface area contributed by atoms with Gasteiger partial charge in [-0.3, -0.25) is 14.5 Å². The largest absolute Gasteiger partial charge is 0.444 e. The second-order valence-corrected chi connectivity index (χ2v) is 15.2. The third-order valence-electron chi connectivity index (χ3n) is 8.12. The van der Waals surface area contributed by atoms with Gasteiger partial charge in [0.25, 0.3) is 5.91 Å². The molecule has 8 nitrogen and oxygen atoms in total. The topological polar surface area (TPSA) is 108 Å². The van der Waals surface area contributed by atoms with Gasteiger partial charge in [0.1, 0.15) is 11.6 Å². The van der Waals surface area contributed by atoms with Crippen molar-refractivity contribution in [1.29, 1.82) is 0 Å². The van der Waals surface area contributed by atoms with E-state index in [0.717, 1.165) is 36.1 Å². The van der Waals surface area contributed by atoms with Gasteiger partial charge in [-0.2, -0.15) is 0 Å². The quantitative estimate of drug-likeness (QED) is 0.298. The average Bonchev–Trinajstić information content (AvgIpc) is 3.34. The number of hydrogen-bond acceptors (Lipinski definition) is 6. The lowest BCUT2D eigenvalue weighted by Crippen LogP contribution is -2.55. The first-order valence-electron chi connectivity index (χ1n) is 15.8. The fraction of sp³-hybridized carbons (Fsp3) is 0.571. The predicted octanol–water partition coefficient (Wildman–Crippen LogP) is 5.96. The summed E-state index contributed by atoms with van der Waals surface area (Å²) in [4.78, 5) is 42.8. The summed E-state index contributed by atoms with van der Waals surface area (Å²) in [5, 5.41) is 17.7. The van der Waals surface area contributed by atoms with Crippen LogP contribution in [0.15, 0.2) is 59.5 Å². The molecule has 1 aliphatic heterocycles. The molecule has 3 amide bonds. The summed E-state index contributed by atoms with van der Waals surface area (Å²) in [6.07, 6.45) is 3.62. The highest BCUT2D eigenvalue weighted by Gasteiger charge is 2.49. The molecule has 1 saturated heterocycles. The summed E-state index contributed by atoms with van der Waals surface area (Å²) in [5.41, 5.74) is 0.471. The summed E-state index contributed by atoms with van der Waals surface area (Å²) in [7, 11) is 0. The minimum atomic E-state index is -0.915. The van der Waals surface area contributed by atoms with Crippen molar-refractivity contribution in [2.45, 2.75) is 120 Å². The standard InChI is InChI=1S/C35H49N3O5S/c1-34(2,3)37-31(40)25-17-11-13-19-30(25)44-22-29(39)26(20-23-14-8-7-9-15-23)36-32(41)28-21-24-16-10-12-18-27(24)38(28)33(42)43-35(4,5)6/h7-9,11,13-15,17,19,24,26-29,39H,10,12,16,18,20-22H2,1-6H3,(H,36,41)(H,37,40). The van der Waals surface area contributed by atoms with E-state index in [1.807, 2.05) is 90.1 Å². The van der Waals surface area contributed by atoms with Crippen molar-refractivity contribution in [3.63, 3.8) is 0 Å². The number of likely N-dealkylation sites (tertiary alicyclic amines) is 1. The van der Waals surface area contributed by atoms with Crippen LogP contribution in [-0.2, 0) is 16.0 Å². The van der Waals surface area contributed by atoms with Crippen LogP contribution in [-0.4, -0.2) is 69.0 Å². The maximum absolute atomic E-state index is 14.0. The molecule has 1 saturated carbocycles. The fourth-order valence-corrected chi connectivity index (χ4v) is 7.25. The van der Waals surface area contributed by atoms with Crippen molar-refractivity contribution in [3.8, 4) is 0 Å². The maximum atomic E-state index is 14.0. The van der Waals surface area contributed by atoms with Crippen LogP contribution in [0.4, 0.5) is 4.79 Å². The van der Waals surface area contributed by atoms with Crippen molar-refractivity contribution in [1.82, 2.24) is 15.5 Å².